The number of para-hydroxylation sites is 1. The fourth-order valence-electron chi connectivity index (χ4n) is 4.76. The van der Waals surface area contributed by atoms with Crippen LogP contribution in [0.1, 0.15) is 32.0 Å². The van der Waals surface area contributed by atoms with E-state index >= 15 is 0 Å². The van der Waals surface area contributed by atoms with Crippen molar-refractivity contribution in [2.75, 3.05) is 23.7 Å². The number of hydrogen-bond donors (Lipinski definition) is 0. The largest absolute Gasteiger partial charge is 0.363 e. The molecule has 36 heavy (non-hydrogen) atoms. The van der Waals surface area contributed by atoms with E-state index in [-0.39, 0.29) is 34.9 Å². The van der Waals surface area contributed by atoms with Gasteiger partial charge in [-0.25, -0.2) is 8.42 Å². The van der Waals surface area contributed by atoms with Crippen LogP contribution in [0.2, 0.25) is 0 Å². The molecule has 0 bridgehead atoms. The smallest absolute Gasteiger partial charge is 0.270 e. The molecule has 1 aliphatic rings. The van der Waals surface area contributed by atoms with Crippen LogP contribution in [0.15, 0.2) is 35.3 Å². The van der Waals surface area contributed by atoms with E-state index in [2.05, 4.69) is 22.3 Å². The maximum atomic E-state index is 13.0. The molecule has 11 heteroatoms. The average Bonchev–Trinajstić information content (AvgIpc) is 3.31. The summed E-state index contributed by atoms with van der Waals surface area (Å²) in [7, 11) is -1.91. The molecule has 1 saturated heterocycles. The van der Waals surface area contributed by atoms with Crippen molar-refractivity contribution >= 4 is 26.6 Å². The highest BCUT2D eigenvalue weighted by molar-refractivity contribution is 7.89. The van der Waals surface area contributed by atoms with Crippen molar-refractivity contribution in [2.45, 2.75) is 39.4 Å². The molecule has 0 radical (unpaired) electrons. The van der Waals surface area contributed by atoms with Gasteiger partial charge in [0.2, 0.25) is 0 Å². The zero-order valence-corrected chi connectivity index (χ0v) is 21.6. The number of aromatic nitrogens is 4. The van der Waals surface area contributed by atoms with Gasteiger partial charge in [-0.05, 0) is 18.9 Å². The molecule has 3 aromatic rings. The number of piperazine rings is 1. The van der Waals surface area contributed by atoms with E-state index in [1.807, 2.05) is 54.8 Å². The van der Waals surface area contributed by atoms with Crippen LogP contribution in [0.4, 0.5) is 5.69 Å². The second kappa shape index (κ2) is 9.76. The van der Waals surface area contributed by atoms with E-state index < -0.39 is 10.0 Å². The molecule has 1 unspecified atom stereocenters. The van der Waals surface area contributed by atoms with Crippen molar-refractivity contribution in [3.63, 3.8) is 0 Å². The van der Waals surface area contributed by atoms with Crippen molar-refractivity contribution in [1.29, 1.82) is 5.26 Å². The maximum Gasteiger partial charge on any atom is 0.270 e. The zero-order valence-electron chi connectivity index (χ0n) is 20.8. The van der Waals surface area contributed by atoms with Crippen LogP contribution in [0.5, 0.6) is 0 Å². The number of fused-ring (bicyclic) bond motifs is 1. The first-order valence-electron chi connectivity index (χ1n) is 11.7. The lowest BCUT2D eigenvalue weighted by Gasteiger charge is -2.45. The Morgan fingerprint density at radius 1 is 1.25 bits per heavy atom. The predicted octanol–water partition coefficient (Wildman–Crippen LogP) is 1.55. The summed E-state index contributed by atoms with van der Waals surface area (Å²) in [6, 6.07) is 9.18. The van der Waals surface area contributed by atoms with E-state index in [1.54, 1.807) is 7.05 Å². The quantitative estimate of drug-likeness (QED) is 0.461. The standard InChI is InChI=1S/C25H29N7O3S/c1-6-20-15-31(24-21-9-7-8-10-23(21)29(5)25(33)22(24)11-26)18(4)12-30(20)13-19-14-32(28-27-19)36(34,35)16-17(2)3/h1,7-10,14,17-18,20H,12-13,15-16H2,2-5H3/t18-,20?/m0/s1. The molecule has 10 nitrogen and oxygen atoms in total. The van der Waals surface area contributed by atoms with Crippen LogP contribution in [0.25, 0.3) is 10.9 Å². The van der Waals surface area contributed by atoms with Gasteiger partial charge in [0.05, 0.1) is 34.9 Å². The Hall–Kier alpha value is -3.67. The molecule has 0 saturated carbocycles. The van der Waals surface area contributed by atoms with E-state index in [0.717, 1.165) is 15.0 Å². The van der Waals surface area contributed by atoms with Gasteiger partial charge in [-0.3, -0.25) is 9.69 Å². The summed E-state index contributed by atoms with van der Waals surface area (Å²) in [5.74, 6) is 2.75. The van der Waals surface area contributed by atoms with Crippen molar-refractivity contribution in [3.8, 4) is 18.4 Å². The molecule has 1 aliphatic heterocycles. The highest BCUT2D eigenvalue weighted by Crippen LogP contribution is 2.32. The van der Waals surface area contributed by atoms with Gasteiger partial charge in [0, 0.05) is 38.1 Å². The topological polar surface area (TPSA) is 117 Å². The van der Waals surface area contributed by atoms with Gasteiger partial charge >= 0.3 is 0 Å². The molecule has 0 aliphatic carbocycles. The molecule has 0 amide bonds. The van der Waals surface area contributed by atoms with Gasteiger partial charge in [-0.1, -0.05) is 43.2 Å². The highest BCUT2D eigenvalue weighted by Gasteiger charge is 2.34. The molecule has 1 fully saturated rings. The first-order valence-corrected chi connectivity index (χ1v) is 13.3. The number of rotatable bonds is 6. The number of nitriles is 1. The summed E-state index contributed by atoms with van der Waals surface area (Å²) in [6.07, 6.45) is 7.35. The maximum absolute atomic E-state index is 13.0. The minimum absolute atomic E-state index is 0.0236. The lowest BCUT2D eigenvalue weighted by molar-refractivity contribution is 0.179. The Bertz CT molecular complexity index is 1540. The molecular formula is C25H29N7O3S. The third kappa shape index (κ3) is 4.60. The average molecular weight is 508 g/mol. The molecule has 2 aromatic heterocycles. The minimum atomic E-state index is -3.58. The second-order valence-corrected chi connectivity index (χ2v) is 11.5. The number of aryl methyl sites for hydroxylation is 1. The van der Waals surface area contributed by atoms with Gasteiger partial charge < -0.3 is 9.47 Å². The van der Waals surface area contributed by atoms with Crippen molar-refractivity contribution in [1.82, 2.24) is 23.9 Å². The molecule has 4 rings (SSSR count). The molecule has 2 atom stereocenters. The van der Waals surface area contributed by atoms with Crippen LogP contribution in [0.3, 0.4) is 0 Å². The van der Waals surface area contributed by atoms with Crippen molar-refractivity contribution in [2.24, 2.45) is 13.0 Å². The monoisotopic (exact) mass is 507 g/mol. The number of pyridine rings is 1. The molecule has 1 aromatic carbocycles. The van der Waals surface area contributed by atoms with Crippen LogP contribution in [-0.2, 0) is 23.6 Å². The van der Waals surface area contributed by atoms with Crippen LogP contribution in [0, 0.1) is 29.6 Å². The summed E-state index contributed by atoms with van der Waals surface area (Å²) < 4.78 is 27.4. The third-order valence-corrected chi connectivity index (χ3v) is 8.26. The number of anilines is 1. The van der Waals surface area contributed by atoms with Crippen LogP contribution >= 0.6 is 0 Å². The van der Waals surface area contributed by atoms with Crippen molar-refractivity contribution < 1.29 is 8.42 Å². The SMILES string of the molecule is C#CC1CN(c2c(C#N)c(=O)n(C)c3ccccc23)[C@@H](C)CN1Cc1cn(S(=O)(=O)CC(C)C)nn1. The van der Waals surface area contributed by atoms with E-state index in [4.69, 9.17) is 6.42 Å². The third-order valence-electron chi connectivity index (χ3n) is 6.42. The predicted molar refractivity (Wildman–Crippen MR) is 138 cm³/mol. The Balaban J connectivity index is 1.65. The minimum Gasteiger partial charge on any atom is -0.363 e. The fraction of sp³-hybridized carbons (Fsp3) is 0.440. The second-order valence-electron chi connectivity index (χ2n) is 9.58. The number of terminal acetylenes is 1. The fourth-order valence-corrected chi connectivity index (χ4v) is 6.19. The van der Waals surface area contributed by atoms with E-state index in [9.17, 15) is 18.5 Å². The van der Waals surface area contributed by atoms with Gasteiger partial charge in [0.25, 0.3) is 15.6 Å². The summed E-state index contributed by atoms with van der Waals surface area (Å²) >= 11 is 0. The summed E-state index contributed by atoms with van der Waals surface area (Å²) in [5.41, 5.74) is 1.57. The lowest BCUT2D eigenvalue weighted by Crippen LogP contribution is -2.57. The first-order chi connectivity index (χ1) is 17.1. The van der Waals surface area contributed by atoms with Gasteiger partial charge in [-0.2, -0.15) is 5.26 Å². The Morgan fingerprint density at radius 2 is 1.97 bits per heavy atom. The van der Waals surface area contributed by atoms with Gasteiger partial charge in [-0.15, -0.1) is 15.6 Å². The molecule has 188 valence electrons. The number of nitrogens with zero attached hydrogens (tertiary/aromatic N) is 7. The Morgan fingerprint density at radius 3 is 2.64 bits per heavy atom. The Kier molecular flexibility index (Phi) is 6.90. The van der Waals surface area contributed by atoms with Crippen LogP contribution < -0.4 is 10.5 Å². The number of hydrogen-bond acceptors (Lipinski definition) is 8. The zero-order chi connectivity index (χ0) is 26.2. The number of benzene rings is 1. The first kappa shape index (κ1) is 25.4. The van der Waals surface area contributed by atoms with Crippen LogP contribution in [-0.4, -0.2) is 63.2 Å². The van der Waals surface area contributed by atoms with Gasteiger partial charge in [0.1, 0.15) is 11.6 Å². The lowest BCUT2D eigenvalue weighted by atomic mass is 10.0. The molecule has 0 N–H and O–H groups in total. The molecule has 0 spiro atoms. The highest BCUT2D eigenvalue weighted by atomic mass is 32.2. The summed E-state index contributed by atoms with van der Waals surface area (Å²) in [5, 5.41) is 18.6. The summed E-state index contributed by atoms with van der Waals surface area (Å²) in [6.45, 7) is 6.91. The molecule has 3 heterocycles. The summed E-state index contributed by atoms with van der Waals surface area (Å²) in [4.78, 5) is 17.1. The Labute approximate surface area is 210 Å². The van der Waals surface area contributed by atoms with Gasteiger partial charge in [0.15, 0.2) is 0 Å². The van der Waals surface area contributed by atoms with E-state index in [1.165, 1.54) is 10.8 Å². The molecular weight excluding hydrogens is 478 g/mol. The van der Waals surface area contributed by atoms with Crippen molar-refractivity contribution in [3.05, 3.63) is 52.1 Å². The van der Waals surface area contributed by atoms with E-state index in [0.29, 0.717) is 31.0 Å². The normalized spacial score (nSPS) is 18.9.